The molecule has 0 aromatic carbocycles. The van der Waals surface area contributed by atoms with Gasteiger partial charge in [-0.15, -0.1) is 0 Å². The van der Waals surface area contributed by atoms with E-state index in [1.54, 1.807) is 10.5 Å². The van der Waals surface area contributed by atoms with Crippen LogP contribution >= 0.6 is 0 Å². The van der Waals surface area contributed by atoms with Gasteiger partial charge in [-0.1, -0.05) is 6.07 Å². The van der Waals surface area contributed by atoms with Crippen molar-refractivity contribution in [3.05, 3.63) is 23.9 Å². The fraction of sp³-hybridized carbons (Fsp3) is 0.615. The van der Waals surface area contributed by atoms with Crippen molar-refractivity contribution in [2.24, 2.45) is 5.92 Å². The van der Waals surface area contributed by atoms with Gasteiger partial charge in [0, 0.05) is 37.9 Å². The summed E-state index contributed by atoms with van der Waals surface area (Å²) in [5.74, 6) is 1.72. The maximum absolute atomic E-state index is 11.8. The Morgan fingerprint density at radius 3 is 2.84 bits per heavy atom. The van der Waals surface area contributed by atoms with Crippen molar-refractivity contribution in [1.82, 2.24) is 9.29 Å². The predicted octanol–water partition coefficient (Wildman–Crippen LogP) is 1.07. The van der Waals surface area contributed by atoms with E-state index in [1.165, 1.54) is 19.1 Å². The summed E-state index contributed by atoms with van der Waals surface area (Å²) in [5.41, 5.74) is 1.01. The Morgan fingerprint density at radius 2 is 2.16 bits per heavy atom. The van der Waals surface area contributed by atoms with E-state index in [9.17, 15) is 8.42 Å². The maximum Gasteiger partial charge on any atom is 0.211 e. The van der Waals surface area contributed by atoms with Gasteiger partial charge in [-0.2, -0.15) is 4.31 Å². The van der Waals surface area contributed by atoms with Crippen molar-refractivity contribution < 1.29 is 8.42 Å². The molecule has 0 unspecified atom stereocenters. The van der Waals surface area contributed by atoms with Crippen molar-refractivity contribution in [3.8, 4) is 0 Å². The molecule has 0 N–H and O–H groups in total. The molecule has 6 heteroatoms. The van der Waals surface area contributed by atoms with Crippen LogP contribution in [0.1, 0.15) is 18.4 Å². The number of rotatable bonds is 3. The molecule has 1 aliphatic carbocycles. The Bertz CT molecular complexity index is 569. The number of fused-ring (bicyclic) bond motifs is 1. The molecule has 0 amide bonds. The third kappa shape index (κ3) is 2.90. The van der Waals surface area contributed by atoms with Crippen LogP contribution in [0.3, 0.4) is 0 Å². The first kappa shape index (κ1) is 12.9. The van der Waals surface area contributed by atoms with E-state index in [2.05, 4.69) is 9.88 Å². The van der Waals surface area contributed by atoms with E-state index in [0.717, 1.165) is 30.4 Å². The van der Waals surface area contributed by atoms with Crippen LogP contribution in [-0.4, -0.2) is 43.6 Å². The Balaban J connectivity index is 1.91. The van der Waals surface area contributed by atoms with Crippen molar-refractivity contribution in [2.75, 3.05) is 30.8 Å². The minimum atomic E-state index is -3.15. The highest BCUT2D eigenvalue weighted by atomic mass is 32.2. The van der Waals surface area contributed by atoms with Crippen molar-refractivity contribution in [1.29, 1.82) is 0 Å². The van der Waals surface area contributed by atoms with Gasteiger partial charge in [0.2, 0.25) is 10.0 Å². The molecule has 2 heterocycles. The molecular formula is C13H19N3O2S. The number of sulfonamides is 1. The lowest BCUT2D eigenvalue weighted by Gasteiger charge is -2.23. The molecule has 1 aliphatic heterocycles. The van der Waals surface area contributed by atoms with Gasteiger partial charge < -0.3 is 4.90 Å². The fourth-order valence-electron chi connectivity index (χ4n) is 2.52. The van der Waals surface area contributed by atoms with Gasteiger partial charge in [0.1, 0.15) is 5.82 Å². The molecule has 0 bridgehead atoms. The minimum Gasteiger partial charge on any atom is -0.355 e. The number of hydrogen-bond acceptors (Lipinski definition) is 4. The Kier molecular flexibility index (Phi) is 3.22. The zero-order valence-electron chi connectivity index (χ0n) is 11.1. The van der Waals surface area contributed by atoms with Crippen molar-refractivity contribution in [2.45, 2.75) is 19.4 Å². The second kappa shape index (κ2) is 4.76. The van der Waals surface area contributed by atoms with Gasteiger partial charge in [0.25, 0.3) is 0 Å². The summed E-state index contributed by atoms with van der Waals surface area (Å²) in [6, 6.07) is 3.85. The highest BCUT2D eigenvalue weighted by Gasteiger charge is 2.30. The summed E-state index contributed by atoms with van der Waals surface area (Å²) in [4.78, 5) is 6.71. The van der Waals surface area contributed by atoms with E-state index in [0.29, 0.717) is 13.1 Å². The SMILES string of the molecule is CS(=O)(=O)N1CCN(CC2CC2)c2ncccc2C1. The van der Waals surface area contributed by atoms with Gasteiger partial charge in [-0.05, 0) is 24.8 Å². The molecular weight excluding hydrogens is 262 g/mol. The van der Waals surface area contributed by atoms with Crippen LogP contribution in [0, 0.1) is 5.92 Å². The van der Waals surface area contributed by atoms with Gasteiger partial charge in [0.15, 0.2) is 0 Å². The monoisotopic (exact) mass is 281 g/mol. The average molecular weight is 281 g/mol. The Hall–Kier alpha value is -1.14. The smallest absolute Gasteiger partial charge is 0.211 e. The second-order valence-corrected chi connectivity index (χ2v) is 7.45. The zero-order valence-corrected chi connectivity index (χ0v) is 11.9. The van der Waals surface area contributed by atoms with E-state index < -0.39 is 10.0 Å². The summed E-state index contributed by atoms with van der Waals surface area (Å²) < 4.78 is 25.1. The summed E-state index contributed by atoms with van der Waals surface area (Å²) in [7, 11) is -3.15. The molecule has 1 saturated carbocycles. The van der Waals surface area contributed by atoms with E-state index in [-0.39, 0.29) is 0 Å². The standard InChI is InChI=1S/C13H19N3O2S/c1-19(17,18)16-8-7-15(9-11-4-5-11)13-12(10-16)3-2-6-14-13/h2-3,6,11H,4-5,7-10H2,1H3. The number of nitrogens with zero attached hydrogens (tertiary/aromatic N) is 3. The van der Waals surface area contributed by atoms with Crippen LogP contribution in [-0.2, 0) is 16.6 Å². The first-order valence-electron chi connectivity index (χ1n) is 6.68. The first-order valence-corrected chi connectivity index (χ1v) is 8.53. The highest BCUT2D eigenvalue weighted by molar-refractivity contribution is 7.88. The molecule has 3 rings (SSSR count). The molecule has 1 fully saturated rings. The largest absolute Gasteiger partial charge is 0.355 e. The van der Waals surface area contributed by atoms with Crippen molar-refractivity contribution >= 4 is 15.8 Å². The first-order chi connectivity index (χ1) is 9.04. The number of pyridine rings is 1. The summed E-state index contributed by atoms with van der Waals surface area (Å²) >= 11 is 0. The summed E-state index contributed by atoms with van der Waals surface area (Å²) in [5, 5.41) is 0. The van der Waals surface area contributed by atoms with Crippen molar-refractivity contribution in [3.63, 3.8) is 0 Å². The summed E-state index contributed by atoms with van der Waals surface area (Å²) in [6.07, 6.45) is 5.64. The lowest BCUT2D eigenvalue weighted by Crippen LogP contribution is -2.35. The maximum atomic E-state index is 11.8. The minimum absolute atomic E-state index is 0.434. The van der Waals surface area contributed by atoms with E-state index in [1.807, 2.05) is 12.1 Å². The summed E-state index contributed by atoms with van der Waals surface area (Å²) in [6.45, 7) is 2.71. The van der Waals surface area contributed by atoms with Gasteiger partial charge in [-0.25, -0.2) is 13.4 Å². The van der Waals surface area contributed by atoms with Gasteiger partial charge in [0.05, 0.1) is 6.26 Å². The zero-order chi connectivity index (χ0) is 13.5. The molecule has 2 aliphatic rings. The van der Waals surface area contributed by atoms with Gasteiger partial charge >= 0.3 is 0 Å². The number of hydrogen-bond donors (Lipinski definition) is 0. The second-order valence-electron chi connectivity index (χ2n) is 5.47. The Labute approximate surface area is 114 Å². The fourth-order valence-corrected chi connectivity index (χ4v) is 3.31. The lowest BCUT2D eigenvalue weighted by molar-refractivity contribution is 0.422. The topological polar surface area (TPSA) is 53.5 Å². The van der Waals surface area contributed by atoms with Gasteiger partial charge in [-0.3, -0.25) is 0 Å². The molecule has 0 saturated heterocycles. The third-order valence-corrected chi connectivity index (χ3v) is 5.03. The molecule has 0 spiro atoms. The predicted molar refractivity (Wildman–Crippen MR) is 74.4 cm³/mol. The number of anilines is 1. The molecule has 0 atom stereocenters. The lowest BCUT2D eigenvalue weighted by atomic mass is 10.2. The molecule has 19 heavy (non-hydrogen) atoms. The van der Waals surface area contributed by atoms with Crippen LogP contribution < -0.4 is 4.90 Å². The molecule has 0 radical (unpaired) electrons. The normalized spacial score (nSPS) is 21.0. The highest BCUT2D eigenvalue weighted by Crippen LogP contribution is 2.32. The van der Waals surface area contributed by atoms with E-state index in [4.69, 9.17) is 0 Å². The van der Waals surface area contributed by atoms with Crippen LogP contribution in [0.2, 0.25) is 0 Å². The number of aromatic nitrogens is 1. The van der Waals surface area contributed by atoms with Crippen LogP contribution in [0.4, 0.5) is 5.82 Å². The Morgan fingerprint density at radius 1 is 1.37 bits per heavy atom. The van der Waals surface area contributed by atoms with Crippen LogP contribution in [0.5, 0.6) is 0 Å². The molecule has 1 aromatic heterocycles. The molecule has 5 nitrogen and oxygen atoms in total. The molecule has 104 valence electrons. The quantitative estimate of drug-likeness (QED) is 0.832. The van der Waals surface area contributed by atoms with Crippen LogP contribution in [0.15, 0.2) is 18.3 Å². The third-order valence-electron chi connectivity index (χ3n) is 3.78. The van der Waals surface area contributed by atoms with E-state index >= 15 is 0 Å². The van der Waals surface area contributed by atoms with Crippen LogP contribution in [0.25, 0.3) is 0 Å². The average Bonchev–Trinajstić information content (AvgIpc) is 3.16. The molecule has 1 aromatic rings.